The largest absolute Gasteiger partial charge is 0.416 e. The molecule has 4 rings (SSSR count). The van der Waals surface area contributed by atoms with Crippen LogP contribution in [0.2, 0.25) is 10.0 Å². The lowest BCUT2D eigenvalue weighted by molar-refractivity contribution is -0.143. The maximum absolute atomic E-state index is 13.5. The quantitative estimate of drug-likeness (QED) is 0.375. The molecule has 2 aliphatic rings. The first-order valence-corrected chi connectivity index (χ1v) is 15.0. The van der Waals surface area contributed by atoms with E-state index in [2.05, 4.69) is 5.32 Å². The van der Waals surface area contributed by atoms with E-state index in [1.807, 2.05) is 0 Å². The highest BCUT2D eigenvalue weighted by Gasteiger charge is 2.40. The number of hydrogen-bond acceptors (Lipinski definition) is 4. The number of nitrogens with one attached hydrogen (secondary N) is 1. The van der Waals surface area contributed by atoms with Crippen molar-refractivity contribution in [3.05, 3.63) is 68.7 Å². The smallest absolute Gasteiger partial charge is 0.343 e. The molecule has 2 fully saturated rings. The minimum absolute atomic E-state index is 0.00181. The topological polar surface area (TPSA) is 73.0 Å². The molecule has 0 radical (unpaired) electrons. The molecule has 0 bridgehead atoms. The average Bonchev–Trinajstić information content (AvgIpc) is 2.99. The fraction of sp³-hybridized carbons (Fsp3) is 0.500. The summed E-state index contributed by atoms with van der Waals surface area (Å²) in [4.78, 5) is 42.8. The number of benzene rings is 2. The molecule has 0 aliphatic carbocycles. The van der Waals surface area contributed by atoms with Gasteiger partial charge in [0.1, 0.15) is 0 Å². The monoisotopic (exact) mass is 680 g/mol. The Bertz CT molecular complexity index is 1400. The third-order valence-corrected chi connectivity index (χ3v) is 9.17. The molecular weight excluding hydrogens is 649 g/mol. The summed E-state index contributed by atoms with van der Waals surface area (Å²) in [6.07, 6.45) is -8.64. The average molecular weight is 682 g/mol. The molecule has 7 nitrogen and oxygen atoms in total. The summed E-state index contributed by atoms with van der Waals surface area (Å²) in [5.74, 6) is -1.83. The van der Waals surface area contributed by atoms with Crippen LogP contribution in [0.25, 0.3) is 0 Å². The van der Waals surface area contributed by atoms with Crippen molar-refractivity contribution in [1.29, 1.82) is 0 Å². The first-order chi connectivity index (χ1) is 21.0. The molecule has 0 aromatic heterocycles. The van der Waals surface area contributed by atoms with Gasteiger partial charge in [0.2, 0.25) is 11.8 Å². The first kappa shape index (κ1) is 34.8. The fourth-order valence-electron chi connectivity index (χ4n) is 5.87. The Morgan fingerprint density at radius 2 is 1.44 bits per heavy atom. The van der Waals surface area contributed by atoms with Gasteiger partial charge in [-0.25, -0.2) is 0 Å². The Morgan fingerprint density at radius 3 is 1.98 bits per heavy atom. The lowest BCUT2D eigenvalue weighted by Gasteiger charge is -2.43. The van der Waals surface area contributed by atoms with Crippen molar-refractivity contribution >= 4 is 40.9 Å². The van der Waals surface area contributed by atoms with Crippen LogP contribution in [0.1, 0.15) is 59.2 Å². The van der Waals surface area contributed by atoms with Gasteiger partial charge in [-0.3, -0.25) is 14.4 Å². The number of alkyl halides is 6. The number of likely N-dealkylation sites (tertiary alicyclic amines) is 2. The second-order valence-electron chi connectivity index (χ2n) is 11.3. The first-order valence-electron chi connectivity index (χ1n) is 14.2. The lowest BCUT2D eigenvalue weighted by Crippen LogP contribution is -2.54. The maximum atomic E-state index is 13.5. The number of hydrogen-bond donors (Lipinski definition) is 1. The van der Waals surface area contributed by atoms with Gasteiger partial charge in [-0.2, -0.15) is 26.3 Å². The predicted molar refractivity (Wildman–Crippen MR) is 156 cm³/mol. The second-order valence-corrected chi connectivity index (χ2v) is 12.2. The van der Waals surface area contributed by atoms with Gasteiger partial charge in [0.25, 0.3) is 5.91 Å². The minimum atomic E-state index is -5.11. The summed E-state index contributed by atoms with van der Waals surface area (Å²) < 4.78 is 80.9. The summed E-state index contributed by atoms with van der Waals surface area (Å²) in [5.41, 5.74) is -3.34. The molecule has 0 saturated carbocycles. The summed E-state index contributed by atoms with van der Waals surface area (Å²) >= 11 is 12.4. The van der Waals surface area contributed by atoms with Crippen molar-refractivity contribution in [3.63, 3.8) is 0 Å². The van der Waals surface area contributed by atoms with Gasteiger partial charge in [0, 0.05) is 63.7 Å². The molecule has 2 saturated heterocycles. The molecule has 0 unspecified atom stereocenters. The third-order valence-electron chi connectivity index (χ3n) is 8.44. The predicted octanol–water partition coefficient (Wildman–Crippen LogP) is 6.09. The van der Waals surface area contributed by atoms with E-state index in [0.717, 1.165) is 4.90 Å². The molecular formula is C30H32Cl2F6N4O3. The van der Waals surface area contributed by atoms with E-state index in [9.17, 15) is 40.7 Å². The van der Waals surface area contributed by atoms with Crippen molar-refractivity contribution in [2.75, 3.05) is 39.8 Å². The highest BCUT2D eigenvalue weighted by atomic mass is 35.5. The molecule has 45 heavy (non-hydrogen) atoms. The highest BCUT2D eigenvalue weighted by Crippen LogP contribution is 2.38. The molecule has 2 aliphatic heterocycles. The molecule has 2 aromatic carbocycles. The zero-order valence-corrected chi connectivity index (χ0v) is 26.0. The Morgan fingerprint density at radius 1 is 0.867 bits per heavy atom. The van der Waals surface area contributed by atoms with Crippen LogP contribution in [0.3, 0.4) is 0 Å². The molecule has 0 spiro atoms. The van der Waals surface area contributed by atoms with Gasteiger partial charge in [0.05, 0.1) is 27.7 Å². The number of carbonyl (C=O) groups is 3. The van der Waals surface area contributed by atoms with Crippen molar-refractivity contribution in [2.24, 2.45) is 0 Å². The number of likely N-dealkylation sites (N-methyl/N-ethyl adjacent to an activating group) is 1. The van der Waals surface area contributed by atoms with Crippen LogP contribution in [0.5, 0.6) is 0 Å². The van der Waals surface area contributed by atoms with Crippen molar-refractivity contribution in [3.8, 4) is 0 Å². The van der Waals surface area contributed by atoms with E-state index in [4.69, 9.17) is 23.2 Å². The lowest BCUT2D eigenvalue weighted by atomic mass is 9.84. The normalized spacial score (nSPS) is 19.9. The summed E-state index contributed by atoms with van der Waals surface area (Å²) in [5, 5.41) is 3.71. The number of amides is 3. The fourth-order valence-corrected chi connectivity index (χ4v) is 6.18. The van der Waals surface area contributed by atoms with Crippen LogP contribution < -0.4 is 5.32 Å². The molecule has 2 atom stereocenters. The van der Waals surface area contributed by atoms with E-state index < -0.39 is 46.9 Å². The molecule has 1 N–H and O–H groups in total. The molecule has 15 heteroatoms. The Hall–Kier alpha value is -3.03. The van der Waals surface area contributed by atoms with Gasteiger partial charge in [-0.05, 0) is 55.2 Å². The zero-order chi connectivity index (χ0) is 33.3. The standard InChI is InChI=1S/C30H32Cl2F6N4O3/c1-17(43)41-8-5-22(6-9-41)39-15-27(44)42-10-7-26(23(16-42)18-3-4-24(31)25(32)13-18)40(2)28(45)19-11-20(29(33,34)35)14-21(12-19)30(36,37)38/h3-4,11-14,22-23,26,39H,5-10,15-16H2,1-2H3/t23-,26+/m0/s1. The molecule has 246 valence electrons. The second kappa shape index (κ2) is 13.8. The van der Waals surface area contributed by atoms with E-state index in [0.29, 0.717) is 43.6 Å². The maximum Gasteiger partial charge on any atom is 0.416 e. The summed E-state index contributed by atoms with van der Waals surface area (Å²) in [7, 11) is 1.32. The Kier molecular flexibility index (Phi) is 10.7. The third kappa shape index (κ3) is 8.42. The number of rotatable bonds is 6. The number of piperidine rings is 2. The minimum Gasteiger partial charge on any atom is -0.343 e. The van der Waals surface area contributed by atoms with E-state index >= 15 is 0 Å². The van der Waals surface area contributed by atoms with E-state index in [1.54, 1.807) is 21.9 Å². The van der Waals surface area contributed by atoms with Crippen LogP contribution >= 0.6 is 23.2 Å². The number of nitrogens with zero attached hydrogens (tertiary/aromatic N) is 3. The summed E-state index contributed by atoms with van der Waals surface area (Å²) in [6, 6.07) is 4.90. The number of halogens is 8. The van der Waals surface area contributed by atoms with Crippen LogP contribution in [-0.4, -0.2) is 84.3 Å². The summed E-state index contributed by atoms with van der Waals surface area (Å²) in [6.45, 7) is 3.02. The molecule has 2 heterocycles. The van der Waals surface area contributed by atoms with Gasteiger partial charge in [-0.1, -0.05) is 29.3 Å². The van der Waals surface area contributed by atoms with Crippen LogP contribution in [0.15, 0.2) is 36.4 Å². The molecule has 2 aromatic rings. The zero-order valence-electron chi connectivity index (χ0n) is 24.4. The van der Waals surface area contributed by atoms with E-state index in [-0.39, 0.29) is 60.0 Å². The van der Waals surface area contributed by atoms with Crippen LogP contribution in [0, 0.1) is 0 Å². The van der Waals surface area contributed by atoms with Gasteiger partial charge < -0.3 is 20.0 Å². The SMILES string of the molecule is CC(=O)N1CCC(NCC(=O)N2CC[C@@H](N(C)C(=O)c3cc(C(F)(F)F)cc(C(F)(F)F)c3)[C@H](c3ccc(Cl)c(Cl)c3)C2)CC1. The van der Waals surface area contributed by atoms with Crippen LogP contribution in [0.4, 0.5) is 26.3 Å². The molecule has 3 amide bonds. The Labute approximate surface area is 266 Å². The van der Waals surface area contributed by atoms with E-state index in [1.165, 1.54) is 20.0 Å². The van der Waals surface area contributed by atoms with Crippen molar-refractivity contribution in [1.82, 2.24) is 20.0 Å². The van der Waals surface area contributed by atoms with Gasteiger partial charge >= 0.3 is 12.4 Å². The Balaban J connectivity index is 1.55. The van der Waals surface area contributed by atoms with Crippen LogP contribution in [-0.2, 0) is 21.9 Å². The highest BCUT2D eigenvalue weighted by molar-refractivity contribution is 6.42. The van der Waals surface area contributed by atoms with Crippen molar-refractivity contribution in [2.45, 2.75) is 56.5 Å². The van der Waals surface area contributed by atoms with Crippen molar-refractivity contribution < 1.29 is 40.7 Å². The number of carbonyl (C=O) groups excluding carboxylic acids is 3. The van der Waals surface area contributed by atoms with Gasteiger partial charge in [0.15, 0.2) is 0 Å². The van der Waals surface area contributed by atoms with Gasteiger partial charge in [-0.15, -0.1) is 0 Å².